The normalized spacial score (nSPS) is 23.4. The van der Waals surface area contributed by atoms with Crippen molar-refractivity contribution in [2.45, 2.75) is 58.4 Å². The van der Waals surface area contributed by atoms with E-state index in [0.717, 1.165) is 37.9 Å². The molecular formula is C21H30N2O2. The lowest BCUT2D eigenvalue weighted by molar-refractivity contribution is -0.134. The minimum atomic E-state index is 0.0839. The van der Waals surface area contributed by atoms with E-state index in [9.17, 15) is 9.59 Å². The molecule has 1 aromatic carbocycles. The number of benzene rings is 1. The number of piperidine rings is 1. The molecule has 2 aliphatic rings. The van der Waals surface area contributed by atoms with Gasteiger partial charge >= 0.3 is 0 Å². The molecule has 0 bridgehead atoms. The summed E-state index contributed by atoms with van der Waals surface area (Å²) in [6.07, 6.45) is 5.61. The molecule has 0 radical (unpaired) electrons. The smallest absolute Gasteiger partial charge is 0.225 e. The fourth-order valence-corrected chi connectivity index (χ4v) is 4.00. The lowest BCUT2D eigenvalue weighted by Gasteiger charge is -2.32. The molecule has 3 rings (SSSR count). The molecule has 2 atom stereocenters. The van der Waals surface area contributed by atoms with Crippen molar-refractivity contribution in [1.82, 2.24) is 10.2 Å². The van der Waals surface area contributed by atoms with Crippen molar-refractivity contribution in [2.75, 3.05) is 13.1 Å². The molecule has 1 N–H and O–H groups in total. The third kappa shape index (κ3) is 4.83. The maximum atomic E-state index is 12.5. The summed E-state index contributed by atoms with van der Waals surface area (Å²) in [5, 5.41) is 3.14. The fraction of sp³-hybridized carbons (Fsp3) is 0.619. The molecule has 1 aliphatic carbocycles. The molecule has 0 aromatic heterocycles. The van der Waals surface area contributed by atoms with E-state index < -0.39 is 0 Å². The Morgan fingerprint density at radius 3 is 2.68 bits per heavy atom. The van der Waals surface area contributed by atoms with Gasteiger partial charge in [0.1, 0.15) is 0 Å². The minimum absolute atomic E-state index is 0.0839. The van der Waals surface area contributed by atoms with Crippen molar-refractivity contribution < 1.29 is 9.59 Å². The van der Waals surface area contributed by atoms with Crippen molar-refractivity contribution in [3.8, 4) is 0 Å². The van der Waals surface area contributed by atoms with E-state index in [1.165, 1.54) is 18.4 Å². The Hall–Kier alpha value is -1.84. The van der Waals surface area contributed by atoms with Gasteiger partial charge in [0.05, 0.1) is 6.42 Å². The predicted molar refractivity (Wildman–Crippen MR) is 99.1 cm³/mol. The molecule has 4 nitrogen and oxygen atoms in total. The molecule has 136 valence electrons. The van der Waals surface area contributed by atoms with Gasteiger partial charge in [0.15, 0.2) is 0 Å². The molecule has 1 aromatic rings. The van der Waals surface area contributed by atoms with Crippen molar-refractivity contribution in [3.05, 3.63) is 35.4 Å². The highest BCUT2D eigenvalue weighted by atomic mass is 16.2. The summed E-state index contributed by atoms with van der Waals surface area (Å²) >= 11 is 0. The van der Waals surface area contributed by atoms with Gasteiger partial charge in [-0.2, -0.15) is 0 Å². The highest BCUT2D eigenvalue weighted by molar-refractivity contribution is 5.82. The van der Waals surface area contributed by atoms with Crippen LogP contribution in [0, 0.1) is 18.8 Å². The first-order chi connectivity index (χ1) is 12.1. The number of aryl methyl sites for hydroxylation is 1. The first kappa shape index (κ1) is 18.0. The van der Waals surface area contributed by atoms with E-state index in [4.69, 9.17) is 0 Å². The number of likely N-dealkylation sites (tertiary alicyclic amines) is 1. The van der Waals surface area contributed by atoms with Crippen molar-refractivity contribution in [2.24, 2.45) is 11.8 Å². The molecule has 4 heteroatoms. The maximum absolute atomic E-state index is 12.5. The van der Waals surface area contributed by atoms with E-state index in [2.05, 4.69) is 18.3 Å². The number of hydrogen-bond donors (Lipinski definition) is 1. The first-order valence-corrected chi connectivity index (χ1v) is 9.70. The van der Waals surface area contributed by atoms with Gasteiger partial charge in [-0.3, -0.25) is 9.59 Å². The average molecular weight is 342 g/mol. The summed E-state index contributed by atoms with van der Waals surface area (Å²) in [6, 6.07) is 8.29. The zero-order chi connectivity index (χ0) is 17.8. The summed E-state index contributed by atoms with van der Waals surface area (Å²) in [5.74, 6) is 1.35. The second-order valence-corrected chi connectivity index (χ2v) is 7.72. The van der Waals surface area contributed by atoms with Gasteiger partial charge < -0.3 is 10.2 Å². The Bertz CT molecular complexity index is 620. The summed E-state index contributed by atoms with van der Waals surface area (Å²) in [7, 11) is 0. The SMILES string of the molecule is CCC[C@@H]1C[C@H]1C(=O)N1CCC(NC(=O)Cc2cccc(C)c2)CC1. The zero-order valence-electron chi connectivity index (χ0n) is 15.5. The highest BCUT2D eigenvalue weighted by Crippen LogP contribution is 2.43. The first-order valence-electron chi connectivity index (χ1n) is 9.70. The van der Waals surface area contributed by atoms with Crippen LogP contribution in [0.2, 0.25) is 0 Å². The van der Waals surface area contributed by atoms with Gasteiger partial charge in [-0.1, -0.05) is 43.2 Å². The predicted octanol–water partition coefficient (Wildman–Crippen LogP) is 3.08. The van der Waals surface area contributed by atoms with E-state index in [-0.39, 0.29) is 17.9 Å². The molecular weight excluding hydrogens is 312 g/mol. The third-order valence-corrected chi connectivity index (χ3v) is 5.52. The van der Waals surface area contributed by atoms with Gasteiger partial charge in [0, 0.05) is 25.0 Å². The van der Waals surface area contributed by atoms with Gasteiger partial charge in [-0.15, -0.1) is 0 Å². The summed E-state index contributed by atoms with van der Waals surface area (Å²) < 4.78 is 0. The number of amides is 2. The van der Waals surface area contributed by atoms with E-state index >= 15 is 0 Å². The standard InChI is InChI=1S/C21H30N2O2/c1-3-5-17-14-19(17)21(25)23-10-8-18(9-11-23)22-20(24)13-16-7-4-6-15(2)12-16/h4,6-7,12,17-19H,3,5,8-11,13-14H2,1-2H3,(H,22,24)/t17-,19-/m1/s1. The van der Waals surface area contributed by atoms with Gasteiger partial charge in [0.25, 0.3) is 0 Å². The molecule has 1 heterocycles. The maximum Gasteiger partial charge on any atom is 0.225 e. The number of carbonyl (C=O) groups excluding carboxylic acids is 2. The summed E-state index contributed by atoms with van der Waals surface area (Å²) in [6.45, 7) is 5.79. The van der Waals surface area contributed by atoms with Crippen molar-refractivity contribution in [3.63, 3.8) is 0 Å². The molecule has 0 unspecified atom stereocenters. The van der Waals surface area contributed by atoms with E-state index in [1.807, 2.05) is 30.0 Å². The van der Waals surface area contributed by atoms with E-state index in [0.29, 0.717) is 18.2 Å². The lowest BCUT2D eigenvalue weighted by Crippen LogP contribution is -2.47. The summed E-state index contributed by atoms with van der Waals surface area (Å²) in [4.78, 5) is 26.8. The van der Waals surface area contributed by atoms with Gasteiger partial charge in [-0.05, 0) is 44.1 Å². The Morgan fingerprint density at radius 2 is 2.00 bits per heavy atom. The minimum Gasteiger partial charge on any atom is -0.353 e. The second kappa shape index (κ2) is 8.03. The number of hydrogen-bond acceptors (Lipinski definition) is 2. The van der Waals surface area contributed by atoms with Crippen LogP contribution >= 0.6 is 0 Å². The van der Waals surface area contributed by atoms with Crippen molar-refractivity contribution in [1.29, 1.82) is 0 Å². The Labute approximate surface area is 151 Å². The molecule has 2 fully saturated rings. The van der Waals surface area contributed by atoms with E-state index in [1.54, 1.807) is 0 Å². The Morgan fingerprint density at radius 1 is 1.24 bits per heavy atom. The summed E-state index contributed by atoms with van der Waals surface area (Å²) in [5.41, 5.74) is 2.24. The Balaban J connectivity index is 1.40. The quantitative estimate of drug-likeness (QED) is 0.864. The van der Waals surface area contributed by atoms with Crippen LogP contribution in [0.25, 0.3) is 0 Å². The van der Waals surface area contributed by atoms with Crippen LogP contribution < -0.4 is 5.32 Å². The van der Waals surface area contributed by atoms with Crippen LogP contribution in [0.15, 0.2) is 24.3 Å². The fourth-order valence-electron chi connectivity index (χ4n) is 4.00. The van der Waals surface area contributed by atoms with Crippen LogP contribution in [0.1, 0.15) is 50.2 Å². The average Bonchev–Trinajstić information content (AvgIpc) is 3.34. The molecule has 25 heavy (non-hydrogen) atoms. The third-order valence-electron chi connectivity index (χ3n) is 5.52. The van der Waals surface area contributed by atoms with Crippen LogP contribution in [0.5, 0.6) is 0 Å². The van der Waals surface area contributed by atoms with Gasteiger partial charge in [0.2, 0.25) is 11.8 Å². The van der Waals surface area contributed by atoms with Crippen LogP contribution in [0.3, 0.4) is 0 Å². The van der Waals surface area contributed by atoms with Crippen LogP contribution in [-0.2, 0) is 16.0 Å². The number of carbonyl (C=O) groups is 2. The molecule has 1 aliphatic heterocycles. The Kier molecular flexibility index (Phi) is 5.77. The number of nitrogens with one attached hydrogen (secondary N) is 1. The van der Waals surface area contributed by atoms with Crippen LogP contribution in [0.4, 0.5) is 0 Å². The molecule has 2 amide bonds. The largest absolute Gasteiger partial charge is 0.353 e. The van der Waals surface area contributed by atoms with Crippen LogP contribution in [-0.4, -0.2) is 35.8 Å². The van der Waals surface area contributed by atoms with Gasteiger partial charge in [-0.25, -0.2) is 0 Å². The number of nitrogens with zero attached hydrogens (tertiary/aromatic N) is 1. The van der Waals surface area contributed by atoms with Crippen molar-refractivity contribution >= 4 is 11.8 Å². The monoisotopic (exact) mass is 342 g/mol. The molecule has 0 spiro atoms. The second-order valence-electron chi connectivity index (χ2n) is 7.72. The topological polar surface area (TPSA) is 49.4 Å². The molecule has 1 saturated carbocycles. The number of rotatable bonds is 6. The molecule has 1 saturated heterocycles. The highest BCUT2D eigenvalue weighted by Gasteiger charge is 2.44. The zero-order valence-corrected chi connectivity index (χ0v) is 15.5. The lowest BCUT2D eigenvalue weighted by atomic mass is 10.0.